The summed E-state index contributed by atoms with van der Waals surface area (Å²) in [6, 6.07) is 19.8. The Morgan fingerprint density at radius 2 is 1.68 bits per heavy atom. The SMILES string of the molecule is CN(C)CC1C=C(Cc2ccccc2)c2ccccc2CC1. The van der Waals surface area contributed by atoms with Crippen LogP contribution >= 0.6 is 0 Å². The Morgan fingerprint density at radius 3 is 2.45 bits per heavy atom. The number of fused-ring (bicyclic) bond motifs is 1. The second-order valence-corrected chi connectivity index (χ2v) is 6.57. The van der Waals surface area contributed by atoms with Gasteiger partial charge in [-0.15, -0.1) is 0 Å². The highest BCUT2D eigenvalue weighted by molar-refractivity contribution is 5.71. The van der Waals surface area contributed by atoms with Gasteiger partial charge < -0.3 is 4.90 Å². The lowest BCUT2D eigenvalue weighted by molar-refractivity contribution is 0.349. The van der Waals surface area contributed by atoms with Crippen molar-refractivity contribution < 1.29 is 0 Å². The topological polar surface area (TPSA) is 3.24 Å². The van der Waals surface area contributed by atoms with Crippen LogP contribution in [0.15, 0.2) is 60.7 Å². The van der Waals surface area contributed by atoms with Crippen molar-refractivity contribution in [2.45, 2.75) is 19.3 Å². The van der Waals surface area contributed by atoms with Crippen molar-refractivity contribution in [3.63, 3.8) is 0 Å². The molecule has 1 heteroatoms. The van der Waals surface area contributed by atoms with E-state index in [0.717, 1.165) is 13.0 Å². The van der Waals surface area contributed by atoms with Gasteiger partial charge in [-0.25, -0.2) is 0 Å². The molecule has 0 fully saturated rings. The summed E-state index contributed by atoms with van der Waals surface area (Å²) < 4.78 is 0. The molecule has 2 aromatic carbocycles. The maximum absolute atomic E-state index is 2.53. The predicted molar refractivity (Wildman–Crippen MR) is 94.9 cm³/mol. The lowest BCUT2D eigenvalue weighted by Crippen LogP contribution is -2.20. The fourth-order valence-electron chi connectivity index (χ4n) is 3.43. The molecule has 1 aliphatic carbocycles. The van der Waals surface area contributed by atoms with Crippen LogP contribution < -0.4 is 0 Å². The molecule has 0 bridgehead atoms. The molecular weight excluding hydrogens is 266 g/mol. The van der Waals surface area contributed by atoms with Crippen LogP contribution in [-0.4, -0.2) is 25.5 Å². The van der Waals surface area contributed by atoms with Gasteiger partial charge in [0.05, 0.1) is 0 Å². The largest absolute Gasteiger partial charge is 0.309 e. The zero-order valence-electron chi connectivity index (χ0n) is 13.6. The molecule has 0 radical (unpaired) electrons. The van der Waals surface area contributed by atoms with Crippen LogP contribution in [0.4, 0.5) is 0 Å². The maximum Gasteiger partial charge on any atom is 0.00386 e. The molecule has 3 rings (SSSR count). The Hall–Kier alpha value is -1.86. The van der Waals surface area contributed by atoms with Gasteiger partial charge in [0.25, 0.3) is 0 Å². The van der Waals surface area contributed by atoms with Crippen LogP contribution in [0, 0.1) is 5.92 Å². The number of allylic oxidation sites excluding steroid dienone is 1. The Bertz CT molecular complexity index is 640. The van der Waals surface area contributed by atoms with Crippen LogP contribution in [0.3, 0.4) is 0 Å². The van der Waals surface area contributed by atoms with E-state index in [9.17, 15) is 0 Å². The van der Waals surface area contributed by atoms with Crippen LogP contribution in [-0.2, 0) is 12.8 Å². The van der Waals surface area contributed by atoms with Gasteiger partial charge in [-0.1, -0.05) is 60.7 Å². The van der Waals surface area contributed by atoms with Gasteiger partial charge in [0.1, 0.15) is 0 Å². The van der Waals surface area contributed by atoms with E-state index >= 15 is 0 Å². The van der Waals surface area contributed by atoms with E-state index in [1.54, 1.807) is 0 Å². The molecule has 0 saturated carbocycles. The number of hydrogen-bond acceptors (Lipinski definition) is 1. The molecule has 114 valence electrons. The molecule has 0 saturated heterocycles. The fourth-order valence-corrected chi connectivity index (χ4v) is 3.43. The number of aryl methyl sites for hydroxylation is 1. The molecular formula is C21H25N. The van der Waals surface area contributed by atoms with Gasteiger partial charge in [-0.3, -0.25) is 0 Å². The highest BCUT2D eigenvalue weighted by Gasteiger charge is 2.17. The molecule has 0 aromatic heterocycles. The first-order chi connectivity index (χ1) is 10.7. The van der Waals surface area contributed by atoms with Crippen molar-refractivity contribution >= 4 is 5.57 Å². The highest BCUT2D eigenvalue weighted by atomic mass is 15.1. The lowest BCUT2D eigenvalue weighted by atomic mass is 9.94. The summed E-state index contributed by atoms with van der Waals surface area (Å²) in [5.74, 6) is 0.640. The zero-order chi connectivity index (χ0) is 15.4. The summed E-state index contributed by atoms with van der Waals surface area (Å²) in [5, 5.41) is 0. The molecule has 22 heavy (non-hydrogen) atoms. The van der Waals surface area contributed by atoms with Gasteiger partial charge in [-0.05, 0) is 61.5 Å². The molecule has 0 heterocycles. The third-order valence-electron chi connectivity index (χ3n) is 4.42. The van der Waals surface area contributed by atoms with E-state index in [4.69, 9.17) is 0 Å². The first kappa shape index (κ1) is 15.1. The van der Waals surface area contributed by atoms with Crippen molar-refractivity contribution in [3.05, 3.63) is 77.4 Å². The normalized spacial score (nSPS) is 17.8. The minimum absolute atomic E-state index is 0.640. The third kappa shape index (κ3) is 3.66. The Kier molecular flexibility index (Phi) is 4.74. The summed E-state index contributed by atoms with van der Waals surface area (Å²) in [5.41, 5.74) is 5.85. The first-order valence-electron chi connectivity index (χ1n) is 8.20. The summed E-state index contributed by atoms with van der Waals surface area (Å²) >= 11 is 0. The molecule has 0 aliphatic heterocycles. The van der Waals surface area contributed by atoms with E-state index in [1.807, 2.05) is 0 Å². The van der Waals surface area contributed by atoms with Crippen LogP contribution in [0.5, 0.6) is 0 Å². The predicted octanol–water partition coefficient (Wildman–Crippen LogP) is 4.44. The molecule has 0 spiro atoms. The molecule has 2 aromatic rings. The van der Waals surface area contributed by atoms with E-state index in [2.05, 4.69) is 79.7 Å². The lowest BCUT2D eigenvalue weighted by Gasteiger charge is -2.17. The van der Waals surface area contributed by atoms with E-state index in [0.29, 0.717) is 5.92 Å². The molecule has 1 nitrogen and oxygen atoms in total. The second kappa shape index (κ2) is 6.93. The first-order valence-corrected chi connectivity index (χ1v) is 8.20. The molecule has 1 aliphatic rings. The monoisotopic (exact) mass is 291 g/mol. The van der Waals surface area contributed by atoms with E-state index < -0.39 is 0 Å². The molecule has 0 N–H and O–H groups in total. The zero-order valence-corrected chi connectivity index (χ0v) is 13.6. The Labute approximate surface area is 134 Å². The third-order valence-corrected chi connectivity index (χ3v) is 4.42. The molecule has 1 unspecified atom stereocenters. The van der Waals surface area contributed by atoms with Crippen LogP contribution in [0.25, 0.3) is 5.57 Å². The van der Waals surface area contributed by atoms with Crippen LogP contribution in [0.1, 0.15) is 23.1 Å². The summed E-state index contributed by atoms with van der Waals surface area (Å²) in [6.07, 6.45) is 5.98. The smallest absolute Gasteiger partial charge is 0.00386 e. The van der Waals surface area contributed by atoms with Crippen molar-refractivity contribution in [2.24, 2.45) is 5.92 Å². The maximum atomic E-state index is 2.53. The van der Waals surface area contributed by atoms with Gasteiger partial charge in [0, 0.05) is 6.54 Å². The number of rotatable bonds is 4. The average molecular weight is 291 g/mol. The highest BCUT2D eigenvalue weighted by Crippen LogP contribution is 2.30. The fraction of sp³-hybridized carbons (Fsp3) is 0.333. The van der Waals surface area contributed by atoms with Crippen molar-refractivity contribution in [3.8, 4) is 0 Å². The molecule has 1 atom stereocenters. The van der Waals surface area contributed by atoms with Crippen molar-refractivity contribution in [2.75, 3.05) is 20.6 Å². The summed E-state index contributed by atoms with van der Waals surface area (Å²) in [7, 11) is 4.34. The second-order valence-electron chi connectivity index (χ2n) is 6.57. The van der Waals surface area contributed by atoms with Gasteiger partial charge >= 0.3 is 0 Å². The quantitative estimate of drug-likeness (QED) is 0.805. The Morgan fingerprint density at radius 1 is 0.955 bits per heavy atom. The number of nitrogens with zero attached hydrogens (tertiary/aromatic N) is 1. The average Bonchev–Trinajstić information content (AvgIpc) is 2.68. The van der Waals surface area contributed by atoms with E-state index in [-0.39, 0.29) is 0 Å². The van der Waals surface area contributed by atoms with Gasteiger partial charge in [-0.2, -0.15) is 0 Å². The number of hydrogen-bond donors (Lipinski definition) is 0. The number of benzene rings is 2. The van der Waals surface area contributed by atoms with Crippen molar-refractivity contribution in [1.29, 1.82) is 0 Å². The summed E-state index contributed by atoms with van der Waals surface area (Å²) in [6.45, 7) is 1.13. The minimum Gasteiger partial charge on any atom is -0.309 e. The van der Waals surface area contributed by atoms with Gasteiger partial charge in [0.15, 0.2) is 0 Å². The van der Waals surface area contributed by atoms with E-state index in [1.165, 1.54) is 35.1 Å². The van der Waals surface area contributed by atoms with Crippen LogP contribution in [0.2, 0.25) is 0 Å². The minimum atomic E-state index is 0.640. The molecule has 0 amide bonds. The Balaban J connectivity index is 1.94. The standard InChI is InChI=1S/C21H25N/c1-22(2)16-18-12-13-19-10-6-7-11-21(19)20(15-18)14-17-8-4-3-5-9-17/h3-11,15,18H,12-14,16H2,1-2H3. The summed E-state index contributed by atoms with van der Waals surface area (Å²) in [4.78, 5) is 2.30. The van der Waals surface area contributed by atoms with Gasteiger partial charge in [0.2, 0.25) is 0 Å². The van der Waals surface area contributed by atoms with Crippen molar-refractivity contribution in [1.82, 2.24) is 4.90 Å².